The summed E-state index contributed by atoms with van der Waals surface area (Å²) in [7, 11) is 0. The molecule has 0 aromatic heterocycles. The van der Waals surface area contributed by atoms with Crippen LogP contribution < -0.4 is 0 Å². The molecule has 0 radical (unpaired) electrons. The molecule has 1 rings (SSSR count). The topological polar surface area (TPSA) is 23.8 Å². The second-order valence-electron chi connectivity index (χ2n) is 3.80. The Bertz CT molecular complexity index is 368. The first-order valence-corrected chi connectivity index (χ1v) is 5.79. The Labute approximate surface area is 94.3 Å². The van der Waals surface area contributed by atoms with Gasteiger partial charge in [-0.1, -0.05) is 12.1 Å². The molecular weight excluding hydrogens is 209 g/mol. The summed E-state index contributed by atoms with van der Waals surface area (Å²) < 4.78 is 12.0. The summed E-state index contributed by atoms with van der Waals surface area (Å²) >= 11 is 1.48. The fourth-order valence-electron chi connectivity index (χ4n) is 1.20. The van der Waals surface area contributed by atoms with Gasteiger partial charge in [-0.15, -0.1) is 11.8 Å². The monoisotopic (exact) mass is 223 g/mol. The Hall–Kier alpha value is -1.01. The third-order valence-corrected chi connectivity index (χ3v) is 3.13. The molecule has 0 heterocycles. The van der Waals surface area contributed by atoms with E-state index in [1.165, 1.54) is 11.8 Å². The number of nitrogens with zero attached hydrogens (tertiary/aromatic N) is 1. The zero-order valence-corrected chi connectivity index (χ0v) is 9.77. The van der Waals surface area contributed by atoms with Crippen LogP contribution in [0, 0.1) is 11.3 Å². The Morgan fingerprint density at radius 3 is 2.80 bits per heavy atom. The van der Waals surface area contributed by atoms with Crippen molar-refractivity contribution in [2.75, 3.05) is 12.4 Å². The molecular formula is C12H14FNS. The lowest BCUT2D eigenvalue weighted by molar-refractivity contribution is 0.533. The van der Waals surface area contributed by atoms with E-state index < -0.39 is 5.41 Å². The van der Waals surface area contributed by atoms with E-state index in [2.05, 4.69) is 6.07 Å². The van der Waals surface area contributed by atoms with Gasteiger partial charge in [0.1, 0.15) is 0 Å². The number of nitriles is 1. The van der Waals surface area contributed by atoms with Crippen molar-refractivity contribution < 1.29 is 4.39 Å². The minimum absolute atomic E-state index is 0.323. The van der Waals surface area contributed by atoms with E-state index >= 15 is 0 Å². The number of hydrogen-bond donors (Lipinski definition) is 0. The number of halogens is 1. The molecule has 80 valence electrons. The highest BCUT2D eigenvalue weighted by atomic mass is 32.2. The average Bonchev–Trinajstić information content (AvgIpc) is 2.27. The van der Waals surface area contributed by atoms with Gasteiger partial charge < -0.3 is 0 Å². The maximum Gasteiger partial charge on any atom is 0.0988 e. The summed E-state index contributed by atoms with van der Waals surface area (Å²) in [6.07, 6.45) is 0. The van der Waals surface area contributed by atoms with Crippen molar-refractivity contribution in [3.05, 3.63) is 29.8 Å². The Morgan fingerprint density at radius 1 is 1.47 bits per heavy atom. The summed E-state index contributed by atoms with van der Waals surface area (Å²) in [6, 6.07) is 10.0. The average molecular weight is 223 g/mol. The first-order valence-electron chi connectivity index (χ1n) is 4.81. The van der Waals surface area contributed by atoms with Gasteiger partial charge in [0.2, 0.25) is 0 Å². The van der Waals surface area contributed by atoms with Gasteiger partial charge >= 0.3 is 0 Å². The molecule has 0 amide bonds. The number of rotatable bonds is 4. The number of thioether (sulfide) groups is 1. The van der Waals surface area contributed by atoms with Crippen LogP contribution in [0.25, 0.3) is 0 Å². The summed E-state index contributed by atoms with van der Waals surface area (Å²) in [4.78, 5) is 1.02. The van der Waals surface area contributed by atoms with Crippen molar-refractivity contribution in [1.29, 1.82) is 5.26 Å². The van der Waals surface area contributed by atoms with Crippen molar-refractivity contribution in [3.63, 3.8) is 0 Å². The van der Waals surface area contributed by atoms with Gasteiger partial charge in [-0.3, -0.25) is 4.39 Å². The van der Waals surface area contributed by atoms with Crippen LogP contribution in [0.5, 0.6) is 0 Å². The third-order valence-electron chi connectivity index (χ3n) is 2.18. The minimum atomic E-state index is -0.480. The van der Waals surface area contributed by atoms with Crippen molar-refractivity contribution >= 4 is 11.8 Å². The molecule has 0 aliphatic heterocycles. The zero-order chi connectivity index (χ0) is 11.3. The minimum Gasteiger partial charge on any atom is -0.250 e. The van der Waals surface area contributed by atoms with Gasteiger partial charge in [-0.05, 0) is 31.5 Å². The highest BCUT2D eigenvalue weighted by molar-refractivity contribution is 7.99. The Balaban J connectivity index is 2.89. The van der Waals surface area contributed by atoms with Crippen LogP contribution in [-0.2, 0) is 5.41 Å². The number of hydrogen-bond acceptors (Lipinski definition) is 2. The SMILES string of the molecule is CC(C)(C#N)c1cccc(SCCF)c1. The molecule has 1 nitrogen and oxygen atoms in total. The molecule has 0 aliphatic carbocycles. The number of benzene rings is 1. The van der Waals surface area contributed by atoms with E-state index in [9.17, 15) is 4.39 Å². The largest absolute Gasteiger partial charge is 0.250 e. The van der Waals surface area contributed by atoms with Crippen LogP contribution in [0.15, 0.2) is 29.2 Å². The quantitative estimate of drug-likeness (QED) is 0.729. The standard InChI is InChI=1S/C12H14FNS/c1-12(2,9-14)10-4-3-5-11(8-10)15-7-6-13/h3-5,8H,6-7H2,1-2H3. The van der Waals surface area contributed by atoms with E-state index in [1.807, 2.05) is 38.1 Å². The molecule has 0 unspecified atom stereocenters. The van der Waals surface area contributed by atoms with Crippen molar-refractivity contribution in [2.24, 2.45) is 0 Å². The van der Waals surface area contributed by atoms with Gasteiger partial charge in [0.05, 0.1) is 18.2 Å². The lowest BCUT2D eigenvalue weighted by atomic mass is 9.86. The first kappa shape index (κ1) is 12.1. The van der Waals surface area contributed by atoms with Crippen LogP contribution in [0.4, 0.5) is 4.39 Å². The molecule has 0 saturated carbocycles. The molecule has 0 fully saturated rings. The second kappa shape index (κ2) is 5.18. The van der Waals surface area contributed by atoms with E-state index in [0.717, 1.165) is 10.5 Å². The summed E-state index contributed by atoms with van der Waals surface area (Å²) in [5.74, 6) is 0.469. The fourth-order valence-corrected chi connectivity index (χ4v) is 1.89. The van der Waals surface area contributed by atoms with Gasteiger partial charge in [0, 0.05) is 10.6 Å². The molecule has 0 spiro atoms. The van der Waals surface area contributed by atoms with Crippen LogP contribution in [0.1, 0.15) is 19.4 Å². The lowest BCUT2D eigenvalue weighted by Crippen LogP contribution is -2.13. The zero-order valence-electron chi connectivity index (χ0n) is 8.96. The summed E-state index contributed by atoms with van der Waals surface area (Å²) in [5.41, 5.74) is 0.501. The Kier molecular flexibility index (Phi) is 4.16. The highest BCUT2D eigenvalue weighted by Crippen LogP contribution is 2.26. The summed E-state index contributed by atoms with van der Waals surface area (Å²) in [5, 5.41) is 9.00. The van der Waals surface area contributed by atoms with Crippen molar-refractivity contribution in [1.82, 2.24) is 0 Å². The van der Waals surface area contributed by atoms with Crippen LogP contribution in [-0.4, -0.2) is 12.4 Å². The summed E-state index contributed by atoms with van der Waals surface area (Å²) in [6.45, 7) is 3.44. The maximum absolute atomic E-state index is 12.0. The highest BCUT2D eigenvalue weighted by Gasteiger charge is 2.19. The van der Waals surface area contributed by atoms with Gasteiger partial charge in [-0.2, -0.15) is 5.26 Å². The van der Waals surface area contributed by atoms with Gasteiger partial charge in [0.15, 0.2) is 0 Å². The molecule has 0 atom stereocenters. The smallest absolute Gasteiger partial charge is 0.0988 e. The molecule has 0 N–H and O–H groups in total. The Morgan fingerprint density at radius 2 is 2.20 bits per heavy atom. The molecule has 15 heavy (non-hydrogen) atoms. The fraction of sp³-hybridized carbons (Fsp3) is 0.417. The van der Waals surface area contributed by atoms with Crippen LogP contribution >= 0.6 is 11.8 Å². The van der Waals surface area contributed by atoms with Gasteiger partial charge in [-0.25, -0.2) is 0 Å². The van der Waals surface area contributed by atoms with E-state index in [-0.39, 0.29) is 6.67 Å². The van der Waals surface area contributed by atoms with E-state index in [0.29, 0.717) is 5.75 Å². The lowest BCUT2D eigenvalue weighted by Gasteiger charge is -2.16. The molecule has 3 heteroatoms. The van der Waals surface area contributed by atoms with E-state index in [1.54, 1.807) is 0 Å². The van der Waals surface area contributed by atoms with Crippen LogP contribution in [0.2, 0.25) is 0 Å². The normalized spacial score (nSPS) is 11.1. The molecule has 1 aromatic rings. The predicted molar refractivity (Wildman–Crippen MR) is 61.8 cm³/mol. The molecule has 1 aromatic carbocycles. The van der Waals surface area contributed by atoms with Gasteiger partial charge in [0.25, 0.3) is 0 Å². The predicted octanol–water partition coefficient (Wildman–Crippen LogP) is 3.55. The van der Waals surface area contributed by atoms with Crippen LogP contribution in [0.3, 0.4) is 0 Å². The van der Waals surface area contributed by atoms with E-state index in [4.69, 9.17) is 5.26 Å². The molecule has 0 bridgehead atoms. The first-order chi connectivity index (χ1) is 7.10. The van der Waals surface area contributed by atoms with Crippen molar-refractivity contribution in [3.8, 4) is 6.07 Å². The third kappa shape index (κ3) is 3.24. The maximum atomic E-state index is 12.0. The van der Waals surface area contributed by atoms with Crippen molar-refractivity contribution in [2.45, 2.75) is 24.2 Å². The number of alkyl halides is 1. The molecule has 0 saturated heterocycles. The molecule has 0 aliphatic rings. The second-order valence-corrected chi connectivity index (χ2v) is 4.97.